The molecule has 0 aromatic heterocycles. The summed E-state index contributed by atoms with van der Waals surface area (Å²) in [6.45, 7) is 0.617. The maximum atomic E-state index is 6.12. The average molecular weight is 370 g/mol. The quantitative estimate of drug-likeness (QED) is 0.752. The van der Waals surface area contributed by atoms with Crippen LogP contribution in [0.4, 0.5) is 11.4 Å². The lowest BCUT2D eigenvalue weighted by Crippen LogP contribution is -2.53. The van der Waals surface area contributed by atoms with Crippen molar-refractivity contribution in [1.29, 1.82) is 0 Å². The van der Waals surface area contributed by atoms with Crippen molar-refractivity contribution in [3.63, 3.8) is 0 Å². The third kappa shape index (κ3) is 3.38. The number of ether oxygens (including phenoxy) is 1. The Kier molecular flexibility index (Phi) is 4.77. The molecule has 1 aliphatic heterocycles. The molecular formula is C21H24ClN3O. The standard InChI is InChI=1S/C21H24ClN3O/c1-26-17-8-9-18-19(13-17)24-20(21(25-18)10-3-2-4-11-21)23-14-15-6-5-7-16(22)12-15/h5-9,12-13,25H,2-4,10-11,14H2,1H3,(H,23,24). The minimum Gasteiger partial charge on any atom is -0.497 e. The van der Waals surface area contributed by atoms with E-state index in [-0.39, 0.29) is 5.54 Å². The fourth-order valence-electron chi connectivity index (χ4n) is 3.94. The molecule has 0 radical (unpaired) electrons. The molecule has 2 aromatic carbocycles. The lowest BCUT2D eigenvalue weighted by atomic mass is 9.79. The topological polar surface area (TPSA) is 45.6 Å². The third-order valence-electron chi connectivity index (χ3n) is 5.32. The third-order valence-corrected chi connectivity index (χ3v) is 5.56. The van der Waals surface area contributed by atoms with Gasteiger partial charge >= 0.3 is 0 Å². The van der Waals surface area contributed by atoms with Crippen LogP contribution in [-0.4, -0.2) is 18.5 Å². The number of halogens is 1. The van der Waals surface area contributed by atoms with E-state index in [2.05, 4.69) is 22.8 Å². The zero-order valence-electron chi connectivity index (χ0n) is 15.0. The summed E-state index contributed by atoms with van der Waals surface area (Å²) in [5.74, 6) is 1.87. The highest BCUT2D eigenvalue weighted by atomic mass is 35.5. The number of nitrogens with one attached hydrogen (secondary N) is 2. The van der Waals surface area contributed by atoms with E-state index in [0.717, 1.165) is 46.4 Å². The van der Waals surface area contributed by atoms with E-state index in [0.29, 0.717) is 6.54 Å². The summed E-state index contributed by atoms with van der Waals surface area (Å²) in [6.07, 6.45) is 5.92. The van der Waals surface area contributed by atoms with E-state index in [1.54, 1.807) is 7.11 Å². The van der Waals surface area contributed by atoms with Gasteiger partial charge in [-0.25, -0.2) is 0 Å². The Morgan fingerprint density at radius 3 is 2.69 bits per heavy atom. The molecule has 2 N–H and O–H groups in total. The number of amidine groups is 1. The second-order valence-corrected chi connectivity index (χ2v) is 7.54. The van der Waals surface area contributed by atoms with Crippen molar-refractivity contribution >= 4 is 28.8 Å². The fourth-order valence-corrected chi connectivity index (χ4v) is 4.15. The molecule has 4 rings (SSSR count). The number of benzene rings is 2. The van der Waals surface area contributed by atoms with Gasteiger partial charge in [0.1, 0.15) is 11.6 Å². The summed E-state index contributed by atoms with van der Waals surface area (Å²) < 4.78 is 5.37. The van der Waals surface area contributed by atoms with Gasteiger partial charge in [0, 0.05) is 11.1 Å². The number of anilines is 2. The molecule has 0 saturated heterocycles. The second kappa shape index (κ2) is 7.20. The van der Waals surface area contributed by atoms with Crippen molar-refractivity contribution in [3.8, 4) is 5.75 Å². The highest BCUT2D eigenvalue weighted by Crippen LogP contribution is 2.40. The van der Waals surface area contributed by atoms with Crippen LogP contribution in [0.2, 0.25) is 5.02 Å². The molecule has 2 aliphatic rings. The molecule has 1 heterocycles. The number of fused-ring (bicyclic) bond motifs is 1. The molecule has 0 unspecified atom stereocenters. The van der Waals surface area contributed by atoms with Crippen LogP contribution in [0.1, 0.15) is 37.7 Å². The van der Waals surface area contributed by atoms with E-state index in [1.165, 1.54) is 19.3 Å². The normalized spacial score (nSPS) is 19.5. The average Bonchev–Trinajstić information content (AvgIpc) is 2.67. The minimum absolute atomic E-state index is 0.0988. The van der Waals surface area contributed by atoms with Crippen LogP contribution in [0.5, 0.6) is 5.75 Å². The smallest absolute Gasteiger partial charge is 0.127 e. The van der Waals surface area contributed by atoms with E-state index in [4.69, 9.17) is 21.3 Å². The van der Waals surface area contributed by atoms with Crippen molar-refractivity contribution in [2.24, 2.45) is 4.99 Å². The van der Waals surface area contributed by atoms with Crippen LogP contribution in [0.25, 0.3) is 0 Å². The summed E-state index contributed by atoms with van der Waals surface area (Å²) in [4.78, 5) is 4.97. The molecule has 1 saturated carbocycles. The van der Waals surface area contributed by atoms with Crippen LogP contribution in [0.15, 0.2) is 47.5 Å². The number of hydrogen-bond acceptors (Lipinski definition) is 3. The van der Waals surface area contributed by atoms with Crippen molar-refractivity contribution in [2.45, 2.75) is 44.2 Å². The van der Waals surface area contributed by atoms with Gasteiger partial charge < -0.3 is 15.4 Å². The molecule has 2 aromatic rings. The summed E-state index contributed by atoms with van der Waals surface area (Å²) in [7, 11) is 1.69. The van der Waals surface area contributed by atoms with Crippen LogP contribution in [0, 0.1) is 0 Å². The highest BCUT2D eigenvalue weighted by molar-refractivity contribution is 6.30. The van der Waals surface area contributed by atoms with Gasteiger partial charge in [-0.3, -0.25) is 4.99 Å². The lowest BCUT2D eigenvalue weighted by Gasteiger charge is -2.44. The molecule has 0 amide bonds. The van der Waals surface area contributed by atoms with Gasteiger partial charge in [0.15, 0.2) is 0 Å². The van der Waals surface area contributed by atoms with Crippen LogP contribution < -0.4 is 15.4 Å². The van der Waals surface area contributed by atoms with Crippen LogP contribution in [-0.2, 0) is 6.54 Å². The molecule has 0 bridgehead atoms. The molecule has 1 fully saturated rings. The number of methoxy groups -OCH3 is 1. The molecule has 1 spiro atoms. The number of rotatable bonds is 3. The van der Waals surface area contributed by atoms with Crippen LogP contribution >= 0.6 is 11.6 Å². The predicted octanol–water partition coefficient (Wildman–Crippen LogP) is 5.49. The first-order valence-corrected chi connectivity index (χ1v) is 9.59. The zero-order chi connectivity index (χ0) is 18.0. The molecule has 0 atom stereocenters. The Labute approximate surface area is 159 Å². The second-order valence-electron chi connectivity index (χ2n) is 7.10. The monoisotopic (exact) mass is 369 g/mol. The Morgan fingerprint density at radius 1 is 1.08 bits per heavy atom. The van der Waals surface area contributed by atoms with Gasteiger partial charge in [0.25, 0.3) is 0 Å². The predicted molar refractivity (Wildman–Crippen MR) is 109 cm³/mol. The first-order chi connectivity index (χ1) is 12.7. The summed E-state index contributed by atoms with van der Waals surface area (Å²) in [5.41, 5.74) is 3.16. The van der Waals surface area contributed by atoms with Gasteiger partial charge in [0.2, 0.25) is 0 Å². The van der Waals surface area contributed by atoms with Gasteiger partial charge in [0.05, 0.1) is 30.6 Å². The van der Waals surface area contributed by atoms with E-state index in [1.807, 2.05) is 30.3 Å². The van der Waals surface area contributed by atoms with Crippen molar-refractivity contribution in [1.82, 2.24) is 0 Å². The van der Waals surface area contributed by atoms with Gasteiger partial charge in [-0.15, -0.1) is 0 Å². The van der Waals surface area contributed by atoms with E-state index >= 15 is 0 Å². The maximum Gasteiger partial charge on any atom is 0.127 e. The zero-order valence-corrected chi connectivity index (χ0v) is 15.8. The van der Waals surface area contributed by atoms with Crippen molar-refractivity contribution in [2.75, 3.05) is 17.7 Å². The Balaban J connectivity index is 1.67. The largest absolute Gasteiger partial charge is 0.497 e. The summed E-state index contributed by atoms with van der Waals surface area (Å²) in [5, 5.41) is 8.13. The van der Waals surface area contributed by atoms with E-state index < -0.39 is 0 Å². The summed E-state index contributed by atoms with van der Waals surface area (Å²) in [6, 6.07) is 14.0. The first kappa shape index (κ1) is 17.2. The Morgan fingerprint density at radius 2 is 1.92 bits per heavy atom. The van der Waals surface area contributed by atoms with Gasteiger partial charge in [-0.1, -0.05) is 43.0 Å². The number of nitrogens with zero attached hydrogens (tertiary/aromatic N) is 1. The molecular weight excluding hydrogens is 346 g/mol. The number of aliphatic imine (C=N–C) groups is 1. The molecule has 26 heavy (non-hydrogen) atoms. The molecule has 1 aliphatic carbocycles. The van der Waals surface area contributed by atoms with Gasteiger partial charge in [-0.2, -0.15) is 0 Å². The Hall–Kier alpha value is -2.20. The van der Waals surface area contributed by atoms with Crippen LogP contribution in [0.3, 0.4) is 0 Å². The number of hydrogen-bond donors (Lipinski definition) is 2. The SMILES string of the molecule is COc1ccc2c(c1)NC(=NCc1cccc(Cl)c1)C1(CCCCC1)N2. The van der Waals surface area contributed by atoms with Crippen molar-refractivity contribution in [3.05, 3.63) is 53.1 Å². The van der Waals surface area contributed by atoms with Gasteiger partial charge in [-0.05, 0) is 42.7 Å². The van der Waals surface area contributed by atoms with E-state index in [9.17, 15) is 0 Å². The molecule has 5 heteroatoms. The maximum absolute atomic E-state index is 6.12. The minimum atomic E-state index is -0.0988. The fraction of sp³-hybridized carbons (Fsp3) is 0.381. The van der Waals surface area contributed by atoms with Crippen molar-refractivity contribution < 1.29 is 4.74 Å². The first-order valence-electron chi connectivity index (χ1n) is 9.21. The molecule has 4 nitrogen and oxygen atoms in total. The lowest BCUT2D eigenvalue weighted by molar-refractivity contribution is 0.401. The summed E-state index contributed by atoms with van der Waals surface area (Å²) >= 11 is 6.12. The molecule has 136 valence electrons. The Bertz CT molecular complexity index is 828. The highest BCUT2D eigenvalue weighted by Gasteiger charge is 2.40.